The third-order valence-electron chi connectivity index (χ3n) is 9.37. The average molecular weight is 606 g/mol. The van der Waals surface area contributed by atoms with Crippen molar-refractivity contribution in [2.75, 3.05) is 44.0 Å². The van der Waals surface area contributed by atoms with Crippen LogP contribution in [0.1, 0.15) is 31.2 Å². The molecule has 4 aliphatic rings. The molecule has 0 aliphatic carbocycles. The van der Waals surface area contributed by atoms with Crippen molar-refractivity contribution in [1.82, 2.24) is 20.2 Å². The second-order valence-corrected chi connectivity index (χ2v) is 13.1. The van der Waals surface area contributed by atoms with Crippen LogP contribution < -0.4 is 25.4 Å². The number of nitrogens with two attached hydrogens (primary N) is 1. The van der Waals surface area contributed by atoms with Gasteiger partial charge in [0.1, 0.15) is 35.6 Å². The number of rotatable bonds is 4. The second kappa shape index (κ2) is 9.81. The number of halogens is 2. The van der Waals surface area contributed by atoms with Crippen LogP contribution in [-0.2, 0) is 0 Å². The Kier molecular flexibility index (Phi) is 6.12. The molecule has 4 aromatic rings. The molecule has 216 valence electrons. The Morgan fingerprint density at radius 2 is 2.17 bits per heavy atom. The maximum atomic E-state index is 17.0. The van der Waals surface area contributed by atoms with E-state index in [9.17, 15) is 5.26 Å². The van der Waals surface area contributed by atoms with Gasteiger partial charge in [-0.2, -0.15) is 15.2 Å². The number of nitrogens with zero attached hydrogens (tertiary/aromatic N) is 5. The number of likely N-dealkylation sites (tertiary alicyclic amines) is 1. The average Bonchev–Trinajstić information content (AvgIpc) is 3.64. The number of piperazine rings is 1. The number of nitriles is 1. The largest absolute Gasteiger partial charge is 0.489 e. The Bertz CT molecular complexity index is 1810. The van der Waals surface area contributed by atoms with Gasteiger partial charge in [0, 0.05) is 40.3 Å². The number of hydrogen-bond acceptors (Lipinski definition) is 10. The minimum absolute atomic E-state index is 0.00376. The molecule has 6 heterocycles. The molecule has 0 amide bonds. The smallest absolute Gasteiger partial charge is 0.319 e. The molecule has 12 heteroatoms. The predicted octanol–water partition coefficient (Wildman–Crippen LogP) is 4.93. The van der Waals surface area contributed by atoms with Gasteiger partial charge in [-0.3, -0.25) is 0 Å². The van der Waals surface area contributed by atoms with Gasteiger partial charge >= 0.3 is 6.01 Å². The lowest BCUT2D eigenvalue weighted by Gasteiger charge is -2.40. The van der Waals surface area contributed by atoms with Crippen LogP contribution in [0, 0.1) is 17.1 Å². The Balaban J connectivity index is 1.36. The van der Waals surface area contributed by atoms with E-state index in [0.29, 0.717) is 57.7 Å². The molecule has 4 atom stereocenters. The zero-order valence-corrected chi connectivity index (χ0v) is 24.6. The fourth-order valence-corrected chi connectivity index (χ4v) is 8.51. The summed E-state index contributed by atoms with van der Waals surface area (Å²) in [5, 5.41) is 15.2. The van der Waals surface area contributed by atoms with E-state index in [0.717, 1.165) is 43.5 Å². The van der Waals surface area contributed by atoms with Crippen molar-refractivity contribution >= 4 is 54.7 Å². The van der Waals surface area contributed by atoms with Crippen LogP contribution in [0.4, 0.5) is 15.2 Å². The van der Waals surface area contributed by atoms with E-state index in [4.69, 9.17) is 31.8 Å². The highest BCUT2D eigenvalue weighted by Crippen LogP contribution is 2.51. The molecule has 3 saturated heterocycles. The number of fused-ring (bicyclic) bond motifs is 6. The van der Waals surface area contributed by atoms with E-state index in [-0.39, 0.29) is 40.2 Å². The summed E-state index contributed by atoms with van der Waals surface area (Å²) in [6.45, 7) is 2.52. The highest BCUT2D eigenvalue weighted by molar-refractivity contribution is 7.23. The molecule has 0 radical (unpaired) electrons. The van der Waals surface area contributed by atoms with Gasteiger partial charge in [-0.1, -0.05) is 23.7 Å². The molecule has 0 spiro atoms. The summed E-state index contributed by atoms with van der Waals surface area (Å²) < 4.78 is 30.4. The molecule has 2 aromatic heterocycles. The van der Waals surface area contributed by atoms with Gasteiger partial charge in [-0.05, 0) is 50.9 Å². The van der Waals surface area contributed by atoms with Crippen LogP contribution in [0.2, 0.25) is 5.02 Å². The molecular formula is C30H29ClFN7O2S. The van der Waals surface area contributed by atoms with Crippen molar-refractivity contribution in [2.24, 2.45) is 0 Å². The third kappa shape index (κ3) is 3.85. The first-order valence-electron chi connectivity index (χ1n) is 14.4. The highest BCUT2D eigenvalue weighted by atomic mass is 35.5. The molecule has 9 nitrogen and oxygen atoms in total. The molecule has 8 rings (SSSR count). The number of hydrogen-bond donors (Lipinski definition) is 2. The monoisotopic (exact) mass is 605 g/mol. The number of likely N-dealkylation sites (N-methyl/N-ethyl adjacent to an activating group) is 1. The topological polar surface area (TPSA) is 113 Å². The van der Waals surface area contributed by atoms with E-state index in [1.165, 1.54) is 11.3 Å². The van der Waals surface area contributed by atoms with Crippen LogP contribution in [0.25, 0.3) is 32.1 Å². The summed E-state index contributed by atoms with van der Waals surface area (Å²) in [4.78, 5) is 14.1. The van der Waals surface area contributed by atoms with Crippen LogP contribution >= 0.6 is 22.9 Å². The Morgan fingerprint density at radius 3 is 2.98 bits per heavy atom. The first-order chi connectivity index (χ1) is 20.4. The molecule has 2 bridgehead atoms. The molecule has 42 heavy (non-hydrogen) atoms. The zero-order chi connectivity index (χ0) is 28.7. The summed E-state index contributed by atoms with van der Waals surface area (Å²) in [6.07, 6.45) is 4.24. The van der Waals surface area contributed by atoms with Crippen molar-refractivity contribution in [3.8, 4) is 29.0 Å². The summed E-state index contributed by atoms with van der Waals surface area (Å²) in [6, 6.07) is 8.56. The number of aromatic nitrogens is 2. The van der Waals surface area contributed by atoms with E-state index < -0.39 is 5.82 Å². The summed E-state index contributed by atoms with van der Waals surface area (Å²) in [5.41, 5.74) is 7.19. The quantitative estimate of drug-likeness (QED) is 0.334. The highest BCUT2D eigenvalue weighted by Gasteiger charge is 2.44. The van der Waals surface area contributed by atoms with Crippen LogP contribution in [-0.4, -0.2) is 72.4 Å². The normalized spacial score (nSPS) is 25.0. The van der Waals surface area contributed by atoms with E-state index in [1.807, 2.05) is 12.1 Å². The minimum atomic E-state index is -0.605. The van der Waals surface area contributed by atoms with Crippen LogP contribution in [0.15, 0.2) is 18.2 Å². The lowest BCUT2D eigenvalue weighted by molar-refractivity contribution is 0.188. The van der Waals surface area contributed by atoms with Gasteiger partial charge < -0.3 is 30.3 Å². The first-order valence-corrected chi connectivity index (χ1v) is 15.5. The molecular weight excluding hydrogens is 577 g/mol. The van der Waals surface area contributed by atoms with Crippen molar-refractivity contribution < 1.29 is 13.9 Å². The number of ether oxygens (including phenoxy) is 2. The number of nitrogens with one attached hydrogen (secondary N) is 1. The SMILES string of the molecule is CN1CCC[C@H]1COc1nc2c3c(c(Cl)c(-c4cccc5sc(N)c(C#N)c45)c(F)c3n1)OCC1C3CCC(CN21)N3. The number of anilines is 2. The maximum Gasteiger partial charge on any atom is 0.319 e. The van der Waals surface area contributed by atoms with E-state index in [1.54, 1.807) is 6.07 Å². The maximum absolute atomic E-state index is 17.0. The van der Waals surface area contributed by atoms with Gasteiger partial charge in [0.05, 0.1) is 22.0 Å². The number of thiophene rings is 1. The van der Waals surface area contributed by atoms with Crippen molar-refractivity contribution in [3.63, 3.8) is 0 Å². The fourth-order valence-electron chi connectivity index (χ4n) is 7.23. The predicted molar refractivity (Wildman–Crippen MR) is 162 cm³/mol. The van der Waals surface area contributed by atoms with Crippen LogP contribution in [0.3, 0.4) is 0 Å². The number of benzene rings is 2. The van der Waals surface area contributed by atoms with Gasteiger partial charge in [-0.25, -0.2) is 4.39 Å². The van der Waals surface area contributed by atoms with Gasteiger partial charge in [-0.15, -0.1) is 11.3 Å². The first kappa shape index (κ1) is 26.2. The summed E-state index contributed by atoms with van der Waals surface area (Å²) in [7, 11) is 2.09. The molecule has 2 aromatic carbocycles. The molecule has 0 saturated carbocycles. The summed E-state index contributed by atoms with van der Waals surface area (Å²) in [5.74, 6) is 0.337. The van der Waals surface area contributed by atoms with Gasteiger partial charge in [0.25, 0.3) is 0 Å². The zero-order valence-electron chi connectivity index (χ0n) is 23.0. The Labute approximate surface area is 251 Å². The lowest BCUT2D eigenvalue weighted by Crippen LogP contribution is -2.60. The third-order valence-corrected chi connectivity index (χ3v) is 10.7. The van der Waals surface area contributed by atoms with Crippen LogP contribution in [0.5, 0.6) is 11.8 Å². The van der Waals surface area contributed by atoms with Crippen molar-refractivity contribution in [1.29, 1.82) is 5.26 Å². The van der Waals surface area contributed by atoms with Crippen molar-refractivity contribution in [2.45, 2.75) is 49.9 Å². The molecule has 3 N–H and O–H groups in total. The summed E-state index contributed by atoms with van der Waals surface area (Å²) >= 11 is 8.38. The minimum Gasteiger partial charge on any atom is -0.489 e. The Hall–Kier alpha value is -3.43. The van der Waals surface area contributed by atoms with Gasteiger partial charge in [0.15, 0.2) is 11.6 Å². The Morgan fingerprint density at radius 1 is 1.29 bits per heavy atom. The van der Waals surface area contributed by atoms with Crippen molar-refractivity contribution in [3.05, 3.63) is 34.6 Å². The lowest BCUT2D eigenvalue weighted by atomic mass is 9.96. The molecule has 4 aliphatic heterocycles. The second-order valence-electron chi connectivity index (χ2n) is 11.7. The van der Waals surface area contributed by atoms with E-state index in [2.05, 4.69) is 33.2 Å². The van der Waals surface area contributed by atoms with Gasteiger partial charge in [0.2, 0.25) is 0 Å². The molecule has 3 unspecified atom stereocenters. The number of nitrogen functional groups attached to an aromatic ring is 1. The fraction of sp³-hybridized carbons (Fsp3) is 0.433. The standard InChI is InChI=1S/C30H29ClFN7O2S/c1-38-9-3-4-15(38)12-41-30-36-26-23-27(40-13-19-18-8-7-14(35-18)11-39(19)29(23)37-30)24(31)22(25(26)32)16-5-2-6-20-21(16)17(10-33)28(34)42-20/h2,5-6,14-15,18-19,35H,3-4,7-9,11-13,34H2,1H3/t14?,15-,18?,19?/m0/s1. The molecule has 3 fully saturated rings. The van der Waals surface area contributed by atoms with E-state index >= 15 is 4.39 Å².